The molecule has 0 aromatic carbocycles. The highest BCUT2D eigenvalue weighted by Crippen LogP contribution is 2.39. The zero-order chi connectivity index (χ0) is 13.4. The molecule has 6 heteroatoms. The van der Waals surface area contributed by atoms with Gasteiger partial charge in [0, 0.05) is 12.0 Å². The molecule has 1 atom stereocenters. The van der Waals surface area contributed by atoms with Crippen LogP contribution in [0.3, 0.4) is 0 Å². The summed E-state index contributed by atoms with van der Waals surface area (Å²) in [7, 11) is 1.42. The number of hydrogen-bond acceptors (Lipinski definition) is 6. The molecule has 1 heterocycles. The average molecular weight is 265 g/mol. The van der Waals surface area contributed by atoms with Gasteiger partial charge in [-0.2, -0.15) is 0 Å². The molecular formula is C13H19N3O3. The zero-order valence-electron chi connectivity index (χ0n) is 11.3. The van der Waals surface area contributed by atoms with Crippen molar-refractivity contribution >= 4 is 5.97 Å². The zero-order valence-corrected chi connectivity index (χ0v) is 11.3. The van der Waals surface area contributed by atoms with E-state index in [2.05, 4.69) is 15.1 Å². The second-order valence-corrected chi connectivity index (χ2v) is 5.41. The van der Waals surface area contributed by atoms with E-state index in [1.165, 1.54) is 7.11 Å². The summed E-state index contributed by atoms with van der Waals surface area (Å²) in [5, 5.41) is 8.16. The highest BCUT2D eigenvalue weighted by Gasteiger charge is 2.37. The van der Waals surface area contributed by atoms with Crippen LogP contribution in [0, 0.1) is 0 Å². The van der Waals surface area contributed by atoms with Gasteiger partial charge in [0.2, 0.25) is 11.8 Å². The van der Waals surface area contributed by atoms with Gasteiger partial charge in [0.15, 0.2) is 0 Å². The summed E-state index contributed by atoms with van der Waals surface area (Å²) in [5.41, 5.74) is 0. The van der Waals surface area contributed by atoms with Gasteiger partial charge in [0.1, 0.15) is 6.04 Å². The molecule has 0 bridgehead atoms. The monoisotopic (exact) mass is 265 g/mol. The van der Waals surface area contributed by atoms with Crippen molar-refractivity contribution in [1.29, 1.82) is 0 Å². The first-order valence-corrected chi connectivity index (χ1v) is 6.85. The maximum atomic E-state index is 11.7. The number of hydrogen-bond donors (Lipinski definition) is 0. The van der Waals surface area contributed by atoms with Crippen LogP contribution >= 0.6 is 0 Å². The Balaban J connectivity index is 1.67. The Morgan fingerprint density at radius 2 is 2.16 bits per heavy atom. The van der Waals surface area contributed by atoms with E-state index < -0.39 is 0 Å². The average Bonchev–Trinajstić information content (AvgIpc) is 3.33. The maximum absolute atomic E-state index is 11.7. The van der Waals surface area contributed by atoms with Crippen molar-refractivity contribution in [3.8, 4) is 0 Å². The van der Waals surface area contributed by atoms with E-state index in [0.29, 0.717) is 24.4 Å². The van der Waals surface area contributed by atoms with E-state index in [9.17, 15) is 4.79 Å². The van der Waals surface area contributed by atoms with Crippen LogP contribution in [0.4, 0.5) is 0 Å². The predicted octanol–water partition coefficient (Wildman–Crippen LogP) is 1.47. The third-order valence-electron chi connectivity index (χ3n) is 3.78. The molecule has 0 amide bonds. The van der Waals surface area contributed by atoms with Crippen LogP contribution in [0.1, 0.15) is 50.3 Å². The van der Waals surface area contributed by atoms with Gasteiger partial charge in [-0.1, -0.05) is 0 Å². The Kier molecular flexibility index (Phi) is 3.26. The van der Waals surface area contributed by atoms with Crippen LogP contribution in [0.5, 0.6) is 0 Å². The molecule has 2 aliphatic carbocycles. The molecule has 1 unspecified atom stereocenters. The normalized spacial score (nSPS) is 20.6. The van der Waals surface area contributed by atoms with E-state index in [4.69, 9.17) is 9.15 Å². The molecule has 1 aromatic heterocycles. The van der Waals surface area contributed by atoms with Crippen LogP contribution in [0.25, 0.3) is 0 Å². The molecular weight excluding hydrogens is 246 g/mol. The fraction of sp³-hybridized carbons (Fsp3) is 0.769. The van der Waals surface area contributed by atoms with Crippen LogP contribution < -0.4 is 0 Å². The molecule has 104 valence electrons. The van der Waals surface area contributed by atoms with E-state index in [-0.39, 0.29) is 12.0 Å². The maximum Gasteiger partial charge on any atom is 0.322 e. The number of nitrogens with zero attached hydrogens (tertiary/aromatic N) is 3. The van der Waals surface area contributed by atoms with Crippen LogP contribution in [-0.4, -0.2) is 40.3 Å². The lowest BCUT2D eigenvalue weighted by molar-refractivity contribution is -0.146. The van der Waals surface area contributed by atoms with E-state index in [1.807, 2.05) is 6.92 Å². The molecule has 0 N–H and O–H groups in total. The van der Waals surface area contributed by atoms with Crippen LogP contribution in [0.15, 0.2) is 4.42 Å². The van der Waals surface area contributed by atoms with Crippen molar-refractivity contribution in [3.63, 3.8) is 0 Å². The van der Waals surface area contributed by atoms with Crippen LogP contribution in [-0.2, 0) is 16.1 Å². The first kappa shape index (κ1) is 12.6. The summed E-state index contributed by atoms with van der Waals surface area (Å²) < 4.78 is 10.5. The first-order valence-electron chi connectivity index (χ1n) is 6.85. The van der Waals surface area contributed by atoms with Crippen molar-refractivity contribution in [1.82, 2.24) is 15.1 Å². The highest BCUT2D eigenvalue weighted by atomic mass is 16.5. The lowest BCUT2D eigenvalue weighted by Crippen LogP contribution is -2.40. The first-order chi connectivity index (χ1) is 9.19. The Hall–Kier alpha value is -1.43. The molecule has 1 aromatic rings. The highest BCUT2D eigenvalue weighted by molar-refractivity contribution is 5.75. The molecule has 2 aliphatic rings. The predicted molar refractivity (Wildman–Crippen MR) is 66.3 cm³/mol. The van der Waals surface area contributed by atoms with Crippen molar-refractivity contribution < 1.29 is 13.9 Å². The number of esters is 1. The fourth-order valence-electron chi connectivity index (χ4n) is 2.28. The molecule has 0 radical (unpaired) electrons. The lowest BCUT2D eigenvalue weighted by atomic mass is 10.2. The molecule has 0 saturated heterocycles. The largest absolute Gasteiger partial charge is 0.468 e. The number of rotatable bonds is 6. The number of methoxy groups -OCH3 is 1. The van der Waals surface area contributed by atoms with Crippen molar-refractivity contribution in [2.45, 2.75) is 57.2 Å². The fourth-order valence-corrected chi connectivity index (χ4v) is 2.28. The second-order valence-electron chi connectivity index (χ2n) is 5.41. The van der Waals surface area contributed by atoms with Gasteiger partial charge in [-0.3, -0.25) is 9.69 Å². The van der Waals surface area contributed by atoms with Gasteiger partial charge in [-0.25, -0.2) is 0 Å². The van der Waals surface area contributed by atoms with Crippen molar-refractivity contribution in [2.75, 3.05) is 7.11 Å². The number of carbonyl (C=O) groups excluding carboxylic acids is 1. The minimum Gasteiger partial charge on any atom is -0.468 e. The number of aromatic nitrogens is 2. The second kappa shape index (κ2) is 4.92. The van der Waals surface area contributed by atoms with Gasteiger partial charge in [-0.05, 0) is 32.6 Å². The third kappa shape index (κ3) is 2.78. The summed E-state index contributed by atoms with van der Waals surface area (Å²) in [6.45, 7) is 2.39. The standard InChI is InChI=1S/C13H19N3O3/c1-8(13(17)18-2)16(10-5-6-10)7-11-14-15-12(19-11)9-3-4-9/h8-10H,3-7H2,1-2H3. The SMILES string of the molecule is COC(=O)C(C)N(Cc1nnc(C2CC2)o1)C1CC1. The Morgan fingerprint density at radius 3 is 2.74 bits per heavy atom. The molecule has 0 aliphatic heterocycles. The summed E-state index contributed by atoms with van der Waals surface area (Å²) >= 11 is 0. The van der Waals surface area contributed by atoms with E-state index in [1.54, 1.807) is 0 Å². The molecule has 19 heavy (non-hydrogen) atoms. The van der Waals surface area contributed by atoms with E-state index >= 15 is 0 Å². The quantitative estimate of drug-likeness (QED) is 0.726. The summed E-state index contributed by atoms with van der Waals surface area (Å²) in [5.74, 6) is 1.60. The third-order valence-corrected chi connectivity index (χ3v) is 3.78. The smallest absolute Gasteiger partial charge is 0.322 e. The minimum atomic E-state index is -0.270. The minimum absolute atomic E-state index is 0.214. The summed E-state index contributed by atoms with van der Waals surface area (Å²) in [6, 6.07) is 0.166. The van der Waals surface area contributed by atoms with E-state index in [0.717, 1.165) is 31.6 Å². The Bertz CT molecular complexity index is 465. The molecule has 3 rings (SSSR count). The molecule has 2 saturated carbocycles. The Morgan fingerprint density at radius 1 is 1.42 bits per heavy atom. The van der Waals surface area contributed by atoms with Gasteiger partial charge >= 0.3 is 5.97 Å². The van der Waals surface area contributed by atoms with Gasteiger partial charge in [0.05, 0.1) is 13.7 Å². The molecule has 0 spiro atoms. The topological polar surface area (TPSA) is 68.5 Å². The molecule has 6 nitrogen and oxygen atoms in total. The molecule has 2 fully saturated rings. The number of carbonyl (C=O) groups is 1. The lowest BCUT2D eigenvalue weighted by Gasteiger charge is -2.25. The van der Waals surface area contributed by atoms with Gasteiger partial charge in [-0.15, -0.1) is 10.2 Å². The van der Waals surface area contributed by atoms with Gasteiger partial charge < -0.3 is 9.15 Å². The van der Waals surface area contributed by atoms with Crippen molar-refractivity contribution in [2.24, 2.45) is 0 Å². The van der Waals surface area contributed by atoms with Crippen LogP contribution in [0.2, 0.25) is 0 Å². The number of ether oxygens (including phenoxy) is 1. The van der Waals surface area contributed by atoms with Gasteiger partial charge in [0.25, 0.3) is 0 Å². The summed E-state index contributed by atoms with van der Waals surface area (Å²) in [4.78, 5) is 13.8. The Labute approximate surface area is 112 Å². The van der Waals surface area contributed by atoms with Crippen molar-refractivity contribution in [3.05, 3.63) is 11.8 Å². The summed E-state index contributed by atoms with van der Waals surface area (Å²) in [6.07, 6.45) is 4.52.